The van der Waals surface area contributed by atoms with Crippen molar-refractivity contribution in [2.75, 3.05) is 13.2 Å². The first kappa shape index (κ1) is 22.8. The van der Waals surface area contributed by atoms with Crippen molar-refractivity contribution >= 4 is 5.97 Å². The number of carbonyl (C=O) groups excluding carboxylic acids is 1. The van der Waals surface area contributed by atoms with Crippen molar-refractivity contribution in [1.29, 1.82) is 0 Å². The molecule has 1 aromatic rings. The highest BCUT2D eigenvalue weighted by atomic mass is 16.8. The minimum Gasteiger partial charge on any atom is -0.461 e. The van der Waals surface area contributed by atoms with Crippen molar-refractivity contribution in [3.05, 3.63) is 35.9 Å². The Bertz CT molecular complexity index is 988. The summed E-state index contributed by atoms with van der Waals surface area (Å²) in [4.78, 5) is 12.7. The molecule has 34 heavy (non-hydrogen) atoms. The zero-order valence-corrected chi connectivity index (χ0v) is 18.4. The van der Waals surface area contributed by atoms with Gasteiger partial charge >= 0.3 is 5.97 Å². The van der Waals surface area contributed by atoms with Crippen LogP contribution in [0.5, 0.6) is 0 Å². The second-order valence-electron chi connectivity index (χ2n) is 10.2. The lowest BCUT2D eigenvalue weighted by Crippen LogP contribution is -2.80. The van der Waals surface area contributed by atoms with E-state index in [1.807, 2.05) is 0 Å². The van der Waals surface area contributed by atoms with Gasteiger partial charge in [0.05, 0.1) is 17.6 Å². The zero-order chi connectivity index (χ0) is 24.1. The monoisotopic (exact) mass is 480 g/mol. The summed E-state index contributed by atoms with van der Waals surface area (Å²) in [6.07, 6.45) is -7.87. The van der Waals surface area contributed by atoms with Gasteiger partial charge in [-0.1, -0.05) is 18.2 Å². The van der Waals surface area contributed by atoms with Crippen LogP contribution in [0.15, 0.2) is 30.3 Å². The van der Waals surface area contributed by atoms with Crippen molar-refractivity contribution in [1.82, 2.24) is 0 Å². The molecular formula is C23H28O11. The molecule has 0 aromatic heterocycles. The molecule has 4 aliphatic heterocycles. The molecule has 5 N–H and O–H groups in total. The third-order valence-electron chi connectivity index (χ3n) is 8.57. The molecule has 3 saturated carbocycles. The van der Waals surface area contributed by atoms with Gasteiger partial charge in [0.15, 0.2) is 18.4 Å². The van der Waals surface area contributed by atoms with Gasteiger partial charge in [-0.25, -0.2) is 4.79 Å². The fourth-order valence-corrected chi connectivity index (χ4v) is 6.87. The zero-order valence-electron chi connectivity index (χ0n) is 18.4. The summed E-state index contributed by atoms with van der Waals surface area (Å²) >= 11 is 0. The number of hydrogen-bond acceptors (Lipinski definition) is 11. The molecule has 6 bridgehead atoms. The van der Waals surface area contributed by atoms with Crippen molar-refractivity contribution < 1.29 is 54.0 Å². The van der Waals surface area contributed by atoms with E-state index in [9.17, 15) is 30.3 Å². The first-order valence-corrected chi connectivity index (χ1v) is 11.4. The van der Waals surface area contributed by atoms with Crippen LogP contribution in [0.4, 0.5) is 0 Å². The lowest BCUT2D eigenvalue weighted by atomic mass is 9.41. The Balaban J connectivity index is 1.32. The van der Waals surface area contributed by atoms with Crippen LogP contribution in [0.2, 0.25) is 0 Å². The SMILES string of the molecule is C[C@@]12C[C@@]3(O)O[C@H](O1)C1(COC(=O)c4ccccc4)[C@@H]3C[C@]12O[C@@H]1O[C@H](CO)[C@@H](O)[C@@H](O)[C@H]1O. The summed E-state index contributed by atoms with van der Waals surface area (Å²) in [5.74, 6) is -2.49. The Hall–Kier alpha value is -1.67. The molecule has 4 saturated heterocycles. The smallest absolute Gasteiger partial charge is 0.338 e. The van der Waals surface area contributed by atoms with Crippen LogP contribution in [0.25, 0.3) is 0 Å². The minimum absolute atomic E-state index is 0.0902. The van der Waals surface area contributed by atoms with Crippen LogP contribution in [0.1, 0.15) is 30.1 Å². The normalized spacial score (nSPS) is 52.5. The Morgan fingerprint density at radius 3 is 2.56 bits per heavy atom. The molecule has 0 radical (unpaired) electrons. The first-order valence-electron chi connectivity index (χ1n) is 11.4. The van der Waals surface area contributed by atoms with Crippen molar-refractivity contribution in [2.45, 2.75) is 73.8 Å². The Kier molecular flexibility index (Phi) is 4.81. The van der Waals surface area contributed by atoms with Gasteiger partial charge in [-0.3, -0.25) is 0 Å². The molecular weight excluding hydrogens is 452 g/mol. The van der Waals surface area contributed by atoms with Crippen molar-refractivity contribution in [3.8, 4) is 0 Å². The molecule has 11 nitrogen and oxygen atoms in total. The molecule has 3 aliphatic carbocycles. The maximum absolute atomic E-state index is 12.7. The molecule has 0 amide bonds. The van der Waals surface area contributed by atoms with Gasteiger partial charge in [-0.2, -0.15) is 0 Å². The van der Waals surface area contributed by atoms with E-state index in [2.05, 4.69) is 0 Å². The van der Waals surface area contributed by atoms with Crippen LogP contribution in [0.3, 0.4) is 0 Å². The fourth-order valence-electron chi connectivity index (χ4n) is 6.87. The molecule has 11 heteroatoms. The molecule has 186 valence electrons. The van der Waals surface area contributed by atoms with Crippen LogP contribution in [0, 0.1) is 11.3 Å². The molecule has 11 atom stereocenters. The molecule has 7 aliphatic rings. The van der Waals surface area contributed by atoms with E-state index >= 15 is 0 Å². The topological polar surface area (TPSA) is 164 Å². The Morgan fingerprint density at radius 2 is 1.85 bits per heavy atom. The number of hydrogen-bond donors (Lipinski definition) is 5. The van der Waals surface area contributed by atoms with E-state index < -0.39 is 77.9 Å². The van der Waals surface area contributed by atoms with E-state index in [-0.39, 0.29) is 19.4 Å². The predicted octanol–water partition coefficient (Wildman–Crippen LogP) is -1.36. The second-order valence-corrected chi connectivity index (χ2v) is 10.2. The van der Waals surface area contributed by atoms with E-state index in [1.165, 1.54) is 0 Å². The fraction of sp³-hybridized carbons (Fsp3) is 0.696. The van der Waals surface area contributed by atoms with Gasteiger partial charge in [-0.05, 0) is 25.5 Å². The van der Waals surface area contributed by atoms with Gasteiger partial charge in [-0.15, -0.1) is 0 Å². The maximum atomic E-state index is 12.7. The summed E-state index contributed by atoms with van der Waals surface area (Å²) in [5, 5.41) is 51.7. The average molecular weight is 480 g/mol. The molecule has 1 unspecified atom stereocenters. The van der Waals surface area contributed by atoms with Crippen molar-refractivity contribution in [2.24, 2.45) is 11.3 Å². The predicted molar refractivity (Wildman–Crippen MR) is 109 cm³/mol. The largest absolute Gasteiger partial charge is 0.461 e. The van der Waals surface area contributed by atoms with Gasteiger partial charge in [0.1, 0.15) is 42.2 Å². The number of ether oxygens (including phenoxy) is 5. The molecule has 1 aromatic carbocycles. The summed E-state index contributed by atoms with van der Waals surface area (Å²) in [5.41, 5.74) is -2.99. The number of esters is 1. The molecule has 0 spiro atoms. The van der Waals surface area contributed by atoms with Crippen molar-refractivity contribution in [3.63, 3.8) is 0 Å². The molecule has 7 fully saturated rings. The molecule has 4 heterocycles. The van der Waals surface area contributed by atoms with E-state index in [4.69, 9.17) is 23.7 Å². The third kappa shape index (κ3) is 2.59. The number of carbonyl (C=O) groups is 1. The third-order valence-corrected chi connectivity index (χ3v) is 8.57. The Labute approximate surface area is 194 Å². The van der Waals surface area contributed by atoms with Crippen LogP contribution >= 0.6 is 0 Å². The highest BCUT2D eigenvalue weighted by Crippen LogP contribution is 2.81. The number of rotatable bonds is 6. The quantitative estimate of drug-likeness (QED) is 0.306. The lowest BCUT2D eigenvalue weighted by Gasteiger charge is -2.67. The lowest BCUT2D eigenvalue weighted by molar-refractivity contribution is -0.424. The van der Waals surface area contributed by atoms with Crippen LogP contribution in [-0.4, -0.2) is 98.7 Å². The van der Waals surface area contributed by atoms with Gasteiger partial charge < -0.3 is 49.2 Å². The number of benzene rings is 1. The van der Waals surface area contributed by atoms with Gasteiger partial charge in [0.25, 0.3) is 0 Å². The molecule has 8 rings (SSSR count). The standard InChI is InChI=1S/C23H28O11/c1-20-9-22(29)13-7-23(20,32-18-16(27)15(26)14(25)12(8-24)31-18)21(13,19(33-20)34-22)10-30-17(28)11-5-3-2-4-6-11/h2-6,12-16,18-19,24-27,29H,7-10H2,1H3/t12-,13+,14-,15-,16-,18+,19+,20+,21?,22-,23-/m1/s1. The Morgan fingerprint density at radius 1 is 1.12 bits per heavy atom. The number of aliphatic hydroxyl groups is 5. The summed E-state index contributed by atoms with van der Waals surface area (Å²) < 4.78 is 29.7. The van der Waals surface area contributed by atoms with Gasteiger partial charge in [0.2, 0.25) is 0 Å². The average Bonchev–Trinajstić information content (AvgIpc) is 3.00. The van der Waals surface area contributed by atoms with Crippen LogP contribution in [-0.2, 0) is 23.7 Å². The van der Waals surface area contributed by atoms with Gasteiger partial charge in [0, 0.05) is 12.3 Å². The van der Waals surface area contributed by atoms with E-state index in [1.54, 1.807) is 37.3 Å². The summed E-state index contributed by atoms with van der Waals surface area (Å²) in [7, 11) is 0. The number of aliphatic hydroxyl groups excluding tert-OH is 4. The van der Waals surface area contributed by atoms with E-state index in [0.29, 0.717) is 5.56 Å². The summed E-state index contributed by atoms with van der Waals surface area (Å²) in [6.45, 7) is 0.985. The van der Waals surface area contributed by atoms with E-state index in [0.717, 1.165) is 0 Å². The maximum Gasteiger partial charge on any atom is 0.338 e. The minimum atomic E-state index is -1.61. The summed E-state index contributed by atoms with van der Waals surface area (Å²) in [6, 6.07) is 8.47. The highest BCUT2D eigenvalue weighted by Gasteiger charge is 2.94. The first-order chi connectivity index (χ1) is 16.1. The second kappa shape index (κ2) is 7.19. The van der Waals surface area contributed by atoms with Crippen LogP contribution < -0.4 is 0 Å². The highest BCUT2D eigenvalue weighted by molar-refractivity contribution is 5.89.